The monoisotopic (exact) mass is 386 g/mol. The molecule has 150 valence electrons. The number of aryl methyl sites for hydroxylation is 1. The maximum atomic E-state index is 12.7. The van der Waals surface area contributed by atoms with Crippen molar-refractivity contribution in [3.63, 3.8) is 0 Å². The number of amides is 1. The maximum absolute atomic E-state index is 12.7. The standard InChI is InChI=1S/C21H26N2O5/c1-6-27-16-8-14-7-11(2)28-17(14)9-15(16)10-22-20(24)19-12(3)18(13(4)23-19)21(25)26-5/h8-9,11,23H,6-7,10H2,1-5H3,(H,22,24). The molecular weight excluding hydrogens is 360 g/mol. The molecule has 0 bridgehead atoms. The first-order valence-corrected chi connectivity index (χ1v) is 9.36. The Morgan fingerprint density at radius 2 is 2.07 bits per heavy atom. The summed E-state index contributed by atoms with van der Waals surface area (Å²) in [6.45, 7) is 8.23. The lowest BCUT2D eigenvalue weighted by atomic mass is 10.1. The van der Waals surface area contributed by atoms with Crippen LogP contribution in [0.15, 0.2) is 12.1 Å². The predicted molar refractivity (Wildman–Crippen MR) is 104 cm³/mol. The summed E-state index contributed by atoms with van der Waals surface area (Å²) in [6.07, 6.45) is 0.981. The van der Waals surface area contributed by atoms with Gasteiger partial charge < -0.3 is 24.5 Å². The third-order valence-electron chi connectivity index (χ3n) is 4.87. The van der Waals surface area contributed by atoms with Gasteiger partial charge in [0.25, 0.3) is 5.91 Å². The number of fused-ring (bicyclic) bond motifs is 1. The van der Waals surface area contributed by atoms with Gasteiger partial charge in [0.05, 0.1) is 19.3 Å². The summed E-state index contributed by atoms with van der Waals surface area (Å²) in [5.41, 5.74) is 3.87. The largest absolute Gasteiger partial charge is 0.494 e. The van der Waals surface area contributed by atoms with Crippen molar-refractivity contribution >= 4 is 11.9 Å². The van der Waals surface area contributed by atoms with Crippen LogP contribution in [0.1, 0.15) is 57.1 Å². The molecule has 0 saturated carbocycles. The van der Waals surface area contributed by atoms with Crippen molar-refractivity contribution in [3.8, 4) is 11.5 Å². The maximum Gasteiger partial charge on any atom is 0.339 e. The van der Waals surface area contributed by atoms with Gasteiger partial charge in [-0.3, -0.25) is 4.79 Å². The van der Waals surface area contributed by atoms with E-state index in [9.17, 15) is 9.59 Å². The van der Waals surface area contributed by atoms with Crippen molar-refractivity contribution in [2.45, 2.75) is 46.8 Å². The average molecular weight is 386 g/mol. The molecule has 7 nitrogen and oxygen atoms in total. The van der Waals surface area contributed by atoms with Crippen LogP contribution in [0.2, 0.25) is 0 Å². The van der Waals surface area contributed by atoms with Crippen molar-refractivity contribution in [2.75, 3.05) is 13.7 Å². The number of nitrogens with one attached hydrogen (secondary N) is 2. The fraction of sp³-hybridized carbons (Fsp3) is 0.429. The molecule has 7 heteroatoms. The highest BCUT2D eigenvalue weighted by Crippen LogP contribution is 2.35. The molecule has 2 aromatic rings. The quantitative estimate of drug-likeness (QED) is 0.745. The zero-order valence-electron chi connectivity index (χ0n) is 16.9. The van der Waals surface area contributed by atoms with Gasteiger partial charge in [-0.25, -0.2) is 4.79 Å². The molecule has 1 aliphatic heterocycles. The summed E-state index contributed by atoms with van der Waals surface area (Å²) in [6, 6.07) is 3.92. The highest BCUT2D eigenvalue weighted by molar-refractivity contribution is 6.00. The van der Waals surface area contributed by atoms with E-state index in [1.165, 1.54) is 7.11 Å². The van der Waals surface area contributed by atoms with Crippen LogP contribution < -0.4 is 14.8 Å². The molecule has 1 atom stereocenters. The van der Waals surface area contributed by atoms with Gasteiger partial charge in [0.2, 0.25) is 0 Å². The van der Waals surface area contributed by atoms with E-state index in [2.05, 4.69) is 10.3 Å². The first-order valence-electron chi connectivity index (χ1n) is 9.36. The van der Waals surface area contributed by atoms with Gasteiger partial charge in [-0.15, -0.1) is 0 Å². The first-order chi connectivity index (χ1) is 13.3. The second kappa shape index (κ2) is 7.96. The van der Waals surface area contributed by atoms with Gasteiger partial charge in [-0.2, -0.15) is 0 Å². The van der Waals surface area contributed by atoms with Crippen molar-refractivity contribution in [1.82, 2.24) is 10.3 Å². The van der Waals surface area contributed by atoms with Gasteiger partial charge in [0.1, 0.15) is 23.3 Å². The minimum absolute atomic E-state index is 0.135. The number of benzene rings is 1. The topological polar surface area (TPSA) is 89.7 Å². The molecule has 0 aliphatic carbocycles. The lowest BCUT2D eigenvalue weighted by Crippen LogP contribution is -2.24. The molecule has 0 spiro atoms. The van der Waals surface area contributed by atoms with E-state index in [1.807, 2.05) is 26.0 Å². The molecule has 1 aromatic heterocycles. The summed E-state index contributed by atoms with van der Waals surface area (Å²) < 4.78 is 16.4. The highest BCUT2D eigenvalue weighted by Gasteiger charge is 2.24. The molecule has 1 unspecified atom stereocenters. The summed E-state index contributed by atoms with van der Waals surface area (Å²) in [4.78, 5) is 27.6. The Balaban J connectivity index is 1.80. The van der Waals surface area contributed by atoms with Gasteiger partial charge in [0, 0.05) is 29.8 Å². The van der Waals surface area contributed by atoms with Crippen LogP contribution in [-0.4, -0.2) is 36.7 Å². The van der Waals surface area contributed by atoms with E-state index in [4.69, 9.17) is 14.2 Å². The summed E-state index contributed by atoms with van der Waals surface area (Å²) >= 11 is 0. The number of aromatic nitrogens is 1. The number of carbonyl (C=O) groups excluding carboxylic acids is 2. The normalized spacial score (nSPS) is 15.0. The smallest absolute Gasteiger partial charge is 0.339 e. The van der Waals surface area contributed by atoms with Crippen LogP contribution in [0.5, 0.6) is 11.5 Å². The van der Waals surface area contributed by atoms with Crippen molar-refractivity contribution in [2.24, 2.45) is 0 Å². The van der Waals surface area contributed by atoms with Crippen LogP contribution in [-0.2, 0) is 17.7 Å². The molecular formula is C21H26N2O5. The summed E-state index contributed by atoms with van der Waals surface area (Å²) in [5, 5.41) is 2.90. The molecule has 28 heavy (non-hydrogen) atoms. The number of hydrogen-bond acceptors (Lipinski definition) is 5. The van der Waals surface area contributed by atoms with E-state index < -0.39 is 5.97 Å². The molecule has 1 aromatic carbocycles. The molecule has 0 saturated heterocycles. The Labute approximate surface area is 164 Å². The first kappa shape index (κ1) is 19.8. The van der Waals surface area contributed by atoms with Gasteiger partial charge in [0.15, 0.2) is 0 Å². The molecule has 1 aliphatic rings. The number of hydrogen-bond donors (Lipinski definition) is 2. The van der Waals surface area contributed by atoms with Crippen LogP contribution in [0.4, 0.5) is 0 Å². The number of methoxy groups -OCH3 is 1. The van der Waals surface area contributed by atoms with E-state index in [0.717, 1.165) is 29.0 Å². The lowest BCUT2D eigenvalue weighted by Gasteiger charge is -2.13. The molecule has 2 heterocycles. The number of esters is 1. The van der Waals surface area contributed by atoms with Crippen LogP contribution in [0, 0.1) is 13.8 Å². The van der Waals surface area contributed by atoms with E-state index in [0.29, 0.717) is 29.1 Å². The zero-order chi connectivity index (χ0) is 20.4. The Bertz CT molecular complexity index is 916. The minimum Gasteiger partial charge on any atom is -0.494 e. The summed E-state index contributed by atoms with van der Waals surface area (Å²) in [5.74, 6) is 0.816. The molecule has 3 rings (SSSR count). The highest BCUT2D eigenvalue weighted by atomic mass is 16.5. The third-order valence-corrected chi connectivity index (χ3v) is 4.87. The van der Waals surface area contributed by atoms with Crippen LogP contribution in [0.3, 0.4) is 0 Å². The van der Waals surface area contributed by atoms with Crippen molar-refractivity contribution in [3.05, 3.63) is 45.8 Å². The molecule has 1 amide bonds. The molecule has 0 radical (unpaired) electrons. The number of carbonyl (C=O) groups is 2. The Kier molecular flexibility index (Phi) is 5.63. The average Bonchev–Trinajstić information content (AvgIpc) is 3.16. The van der Waals surface area contributed by atoms with E-state index in [-0.39, 0.29) is 18.6 Å². The Hall–Kier alpha value is -2.96. The van der Waals surface area contributed by atoms with Gasteiger partial charge in [-0.1, -0.05) is 0 Å². The van der Waals surface area contributed by atoms with Crippen LogP contribution >= 0.6 is 0 Å². The SMILES string of the molecule is CCOc1cc2c(cc1CNC(=O)c1[nH]c(C)c(C(=O)OC)c1C)OC(C)C2. The lowest BCUT2D eigenvalue weighted by molar-refractivity contribution is 0.0599. The Morgan fingerprint density at radius 1 is 1.32 bits per heavy atom. The van der Waals surface area contributed by atoms with E-state index in [1.54, 1.807) is 13.8 Å². The second-order valence-corrected chi connectivity index (χ2v) is 6.93. The Morgan fingerprint density at radius 3 is 2.75 bits per heavy atom. The number of H-pyrrole nitrogens is 1. The van der Waals surface area contributed by atoms with Gasteiger partial charge >= 0.3 is 5.97 Å². The number of aromatic amines is 1. The number of rotatable bonds is 6. The van der Waals surface area contributed by atoms with Crippen molar-refractivity contribution < 1.29 is 23.8 Å². The molecule has 0 fully saturated rings. The molecule has 2 N–H and O–H groups in total. The van der Waals surface area contributed by atoms with E-state index >= 15 is 0 Å². The predicted octanol–water partition coefficient (Wildman–Crippen LogP) is 3.07. The summed E-state index contributed by atoms with van der Waals surface area (Å²) in [7, 11) is 1.32. The van der Waals surface area contributed by atoms with Gasteiger partial charge in [-0.05, 0) is 45.4 Å². The zero-order valence-corrected chi connectivity index (χ0v) is 16.9. The second-order valence-electron chi connectivity index (χ2n) is 6.93. The minimum atomic E-state index is -0.464. The third kappa shape index (κ3) is 3.69. The van der Waals surface area contributed by atoms with Crippen LogP contribution in [0.25, 0.3) is 0 Å². The number of ether oxygens (including phenoxy) is 3. The fourth-order valence-corrected chi connectivity index (χ4v) is 3.56. The van der Waals surface area contributed by atoms with Crippen molar-refractivity contribution in [1.29, 1.82) is 0 Å². The fourth-order valence-electron chi connectivity index (χ4n) is 3.56.